The lowest BCUT2D eigenvalue weighted by molar-refractivity contribution is 0.0426. The molecule has 1 aliphatic heterocycles. The van der Waals surface area contributed by atoms with Gasteiger partial charge in [0.2, 0.25) is 0 Å². The van der Waals surface area contributed by atoms with Gasteiger partial charge in [-0.05, 0) is 62.9 Å². The number of halogens is 1. The maximum Gasteiger partial charge on any atom is 0.123 e. The molecule has 0 radical (unpaired) electrons. The molecule has 0 aliphatic carbocycles. The van der Waals surface area contributed by atoms with Crippen molar-refractivity contribution in [2.24, 2.45) is 11.7 Å². The van der Waals surface area contributed by atoms with Crippen molar-refractivity contribution in [2.45, 2.75) is 31.7 Å². The van der Waals surface area contributed by atoms with Gasteiger partial charge in [0, 0.05) is 25.8 Å². The van der Waals surface area contributed by atoms with Crippen LogP contribution in [0.4, 0.5) is 4.39 Å². The molecule has 1 aliphatic rings. The summed E-state index contributed by atoms with van der Waals surface area (Å²) in [7, 11) is 1.77. The third-order valence-electron chi connectivity index (χ3n) is 4.72. The molecule has 4 heteroatoms. The smallest absolute Gasteiger partial charge is 0.123 e. The second-order valence-electron chi connectivity index (χ2n) is 6.39. The van der Waals surface area contributed by atoms with Crippen LogP contribution in [0.5, 0.6) is 0 Å². The number of benzene rings is 1. The lowest BCUT2D eigenvalue weighted by atomic mass is 9.87. The van der Waals surface area contributed by atoms with Gasteiger partial charge in [0.25, 0.3) is 0 Å². The first-order valence-corrected chi connectivity index (χ1v) is 7.76. The van der Waals surface area contributed by atoms with Crippen molar-refractivity contribution >= 4 is 0 Å². The highest BCUT2D eigenvalue weighted by atomic mass is 19.1. The Labute approximate surface area is 127 Å². The van der Waals surface area contributed by atoms with Gasteiger partial charge in [0.05, 0.1) is 0 Å². The summed E-state index contributed by atoms with van der Waals surface area (Å²) in [6, 6.07) is 6.77. The maximum atomic E-state index is 13.0. The van der Waals surface area contributed by atoms with Crippen LogP contribution in [-0.2, 0) is 11.2 Å². The Balaban J connectivity index is 1.99. The zero-order chi connectivity index (χ0) is 15.3. The predicted octanol–water partition coefficient (Wildman–Crippen LogP) is 2.44. The molecule has 2 rings (SSSR count). The number of likely N-dealkylation sites (tertiary alicyclic amines) is 1. The molecule has 1 heterocycles. The van der Waals surface area contributed by atoms with Gasteiger partial charge in [-0.2, -0.15) is 0 Å². The van der Waals surface area contributed by atoms with E-state index in [0.29, 0.717) is 12.5 Å². The van der Waals surface area contributed by atoms with Gasteiger partial charge >= 0.3 is 0 Å². The molecule has 0 spiro atoms. The normalized spacial score (nSPS) is 20.4. The minimum absolute atomic E-state index is 0.0597. The third kappa shape index (κ3) is 4.25. The molecule has 21 heavy (non-hydrogen) atoms. The topological polar surface area (TPSA) is 38.5 Å². The fourth-order valence-corrected chi connectivity index (χ4v) is 3.23. The maximum absolute atomic E-state index is 13.0. The van der Waals surface area contributed by atoms with Crippen molar-refractivity contribution in [1.29, 1.82) is 0 Å². The molecule has 0 aromatic heterocycles. The Kier molecular flexibility index (Phi) is 5.73. The van der Waals surface area contributed by atoms with E-state index in [1.807, 2.05) is 12.1 Å². The Morgan fingerprint density at radius 2 is 1.90 bits per heavy atom. The summed E-state index contributed by atoms with van der Waals surface area (Å²) < 4.78 is 18.3. The molecule has 1 aromatic rings. The van der Waals surface area contributed by atoms with Crippen LogP contribution in [0.1, 0.15) is 25.3 Å². The van der Waals surface area contributed by atoms with E-state index < -0.39 is 0 Å². The molecule has 2 N–H and O–H groups in total. The quantitative estimate of drug-likeness (QED) is 0.876. The average molecular weight is 294 g/mol. The lowest BCUT2D eigenvalue weighted by Gasteiger charge is -2.44. The standard InChI is InChI=1S/C17H27FN2O/c1-17(13-19,11-14-3-5-16(18)6-4-14)20-9-7-15(8-10-20)12-21-2/h3-6,15H,7-13,19H2,1-2H3. The number of methoxy groups -OCH3 is 1. The minimum atomic E-state index is -0.186. The van der Waals surface area contributed by atoms with Gasteiger partial charge in [0.15, 0.2) is 0 Å². The summed E-state index contributed by atoms with van der Waals surface area (Å²) in [6.07, 6.45) is 3.18. The summed E-state index contributed by atoms with van der Waals surface area (Å²) in [5.41, 5.74) is 7.15. The molecule has 3 nitrogen and oxygen atoms in total. The third-order valence-corrected chi connectivity index (χ3v) is 4.72. The number of hydrogen-bond donors (Lipinski definition) is 1. The molecule has 1 aromatic carbocycles. The second kappa shape index (κ2) is 7.34. The number of piperidine rings is 1. The Hall–Kier alpha value is -0.970. The largest absolute Gasteiger partial charge is 0.384 e. The van der Waals surface area contributed by atoms with E-state index in [0.717, 1.165) is 44.5 Å². The van der Waals surface area contributed by atoms with E-state index in [2.05, 4.69) is 11.8 Å². The van der Waals surface area contributed by atoms with Crippen LogP contribution >= 0.6 is 0 Å². The van der Waals surface area contributed by atoms with Crippen LogP contribution in [0, 0.1) is 11.7 Å². The average Bonchev–Trinajstić information content (AvgIpc) is 2.50. The van der Waals surface area contributed by atoms with E-state index >= 15 is 0 Å². The molecule has 0 saturated carbocycles. The lowest BCUT2D eigenvalue weighted by Crippen LogP contribution is -2.56. The van der Waals surface area contributed by atoms with Crippen LogP contribution in [0.25, 0.3) is 0 Å². The fraction of sp³-hybridized carbons (Fsp3) is 0.647. The number of hydrogen-bond acceptors (Lipinski definition) is 3. The van der Waals surface area contributed by atoms with Gasteiger partial charge in [-0.1, -0.05) is 12.1 Å². The van der Waals surface area contributed by atoms with Gasteiger partial charge < -0.3 is 10.5 Å². The molecule has 1 fully saturated rings. The highest BCUT2D eigenvalue weighted by molar-refractivity contribution is 5.19. The zero-order valence-electron chi connectivity index (χ0n) is 13.1. The molecule has 1 unspecified atom stereocenters. The van der Waals surface area contributed by atoms with Crippen LogP contribution in [0.15, 0.2) is 24.3 Å². The molecule has 0 bridgehead atoms. The van der Waals surface area contributed by atoms with E-state index in [9.17, 15) is 4.39 Å². The monoisotopic (exact) mass is 294 g/mol. The van der Waals surface area contributed by atoms with Gasteiger partial charge in [-0.25, -0.2) is 4.39 Å². The van der Waals surface area contributed by atoms with E-state index in [1.165, 1.54) is 12.1 Å². The number of nitrogens with two attached hydrogens (primary N) is 1. The zero-order valence-corrected chi connectivity index (χ0v) is 13.1. The van der Waals surface area contributed by atoms with Crippen molar-refractivity contribution < 1.29 is 9.13 Å². The molecule has 1 atom stereocenters. The van der Waals surface area contributed by atoms with E-state index in [1.54, 1.807) is 7.11 Å². The minimum Gasteiger partial charge on any atom is -0.384 e. The summed E-state index contributed by atoms with van der Waals surface area (Å²) in [4.78, 5) is 2.49. The SMILES string of the molecule is COCC1CCN(C(C)(CN)Cc2ccc(F)cc2)CC1. The molecule has 118 valence electrons. The second-order valence-corrected chi connectivity index (χ2v) is 6.39. The molecular weight excluding hydrogens is 267 g/mol. The molecule has 1 saturated heterocycles. The van der Waals surface area contributed by atoms with Crippen LogP contribution in [0.2, 0.25) is 0 Å². The highest BCUT2D eigenvalue weighted by Crippen LogP contribution is 2.27. The summed E-state index contributed by atoms with van der Waals surface area (Å²) in [6.45, 7) is 5.79. The Morgan fingerprint density at radius 3 is 2.43 bits per heavy atom. The van der Waals surface area contributed by atoms with Crippen molar-refractivity contribution in [3.05, 3.63) is 35.6 Å². The first-order valence-electron chi connectivity index (χ1n) is 7.76. The highest BCUT2D eigenvalue weighted by Gasteiger charge is 2.33. The first kappa shape index (κ1) is 16.4. The first-order chi connectivity index (χ1) is 10.1. The van der Waals surface area contributed by atoms with Gasteiger partial charge in [-0.3, -0.25) is 4.90 Å². The number of nitrogens with zero attached hydrogens (tertiary/aromatic N) is 1. The van der Waals surface area contributed by atoms with Crippen molar-refractivity contribution in [1.82, 2.24) is 4.90 Å². The van der Waals surface area contributed by atoms with Gasteiger partial charge in [-0.15, -0.1) is 0 Å². The van der Waals surface area contributed by atoms with Crippen LogP contribution < -0.4 is 5.73 Å². The van der Waals surface area contributed by atoms with E-state index in [-0.39, 0.29) is 11.4 Å². The summed E-state index contributed by atoms with van der Waals surface area (Å²) >= 11 is 0. The number of rotatable bonds is 6. The van der Waals surface area contributed by atoms with Gasteiger partial charge in [0.1, 0.15) is 5.82 Å². The molecule has 0 amide bonds. The van der Waals surface area contributed by atoms with Crippen LogP contribution in [0.3, 0.4) is 0 Å². The van der Waals surface area contributed by atoms with Crippen LogP contribution in [-0.4, -0.2) is 43.8 Å². The Morgan fingerprint density at radius 1 is 1.29 bits per heavy atom. The van der Waals surface area contributed by atoms with Crippen molar-refractivity contribution in [3.63, 3.8) is 0 Å². The molecular formula is C17H27FN2O. The van der Waals surface area contributed by atoms with E-state index in [4.69, 9.17) is 10.5 Å². The van der Waals surface area contributed by atoms with Crippen molar-refractivity contribution in [3.8, 4) is 0 Å². The fourth-order valence-electron chi connectivity index (χ4n) is 3.23. The number of ether oxygens (including phenoxy) is 1. The predicted molar refractivity (Wildman–Crippen MR) is 83.7 cm³/mol. The van der Waals surface area contributed by atoms with Crippen molar-refractivity contribution in [2.75, 3.05) is 33.4 Å². The Bertz CT molecular complexity index is 429. The summed E-state index contributed by atoms with van der Waals surface area (Å²) in [5, 5.41) is 0. The summed E-state index contributed by atoms with van der Waals surface area (Å²) in [5.74, 6) is 0.479.